The SMILES string of the molecule is CNc1cccc(C(N)=O)c1NC1CCOCC1. The summed E-state index contributed by atoms with van der Waals surface area (Å²) in [6.45, 7) is 1.51. The van der Waals surface area contributed by atoms with Crippen molar-refractivity contribution in [2.45, 2.75) is 18.9 Å². The third-order valence-corrected chi connectivity index (χ3v) is 3.17. The fourth-order valence-electron chi connectivity index (χ4n) is 2.17. The number of para-hydroxylation sites is 1. The zero-order valence-corrected chi connectivity index (χ0v) is 10.5. The summed E-state index contributed by atoms with van der Waals surface area (Å²) in [4.78, 5) is 11.5. The molecule has 1 amide bonds. The van der Waals surface area contributed by atoms with E-state index >= 15 is 0 Å². The Hall–Kier alpha value is -1.75. The highest BCUT2D eigenvalue weighted by Crippen LogP contribution is 2.28. The van der Waals surface area contributed by atoms with Gasteiger partial charge in [-0.25, -0.2) is 0 Å². The van der Waals surface area contributed by atoms with Crippen LogP contribution in [0, 0.1) is 0 Å². The van der Waals surface area contributed by atoms with Crippen molar-refractivity contribution < 1.29 is 9.53 Å². The Labute approximate surface area is 107 Å². The minimum absolute atomic E-state index is 0.325. The van der Waals surface area contributed by atoms with E-state index in [-0.39, 0.29) is 0 Å². The molecule has 1 aromatic carbocycles. The number of nitrogens with one attached hydrogen (secondary N) is 2. The van der Waals surface area contributed by atoms with Crippen LogP contribution in [0.5, 0.6) is 0 Å². The lowest BCUT2D eigenvalue weighted by atomic mass is 10.1. The summed E-state index contributed by atoms with van der Waals surface area (Å²) >= 11 is 0. The lowest BCUT2D eigenvalue weighted by molar-refractivity contribution is 0.0904. The third-order valence-electron chi connectivity index (χ3n) is 3.17. The van der Waals surface area contributed by atoms with Crippen LogP contribution in [0.25, 0.3) is 0 Å². The smallest absolute Gasteiger partial charge is 0.250 e. The molecule has 4 N–H and O–H groups in total. The first kappa shape index (κ1) is 12.7. The molecule has 5 heteroatoms. The highest BCUT2D eigenvalue weighted by molar-refractivity contribution is 6.01. The molecule has 1 heterocycles. The van der Waals surface area contributed by atoms with Gasteiger partial charge in [0.25, 0.3) is 5.91 Å². The normalized spacial score (nSPS) is 16.3. The van der Waals surface area contributed by atoms with Gasteiger partial charge in [0.15, 0.2) is 0 Å². The van der Waals surface area contributed by atoms with Gasteiger partial charge in [-0.15, -0.1) is 0 Å². The largest absolute Gasteiger partial charge is 0.386 e. The number of hydrogen-bond donors (Lipinski definition) is 3. The van der Waals surface area contributed by atoms with Gasteiger partial charge >= 0.3 is 0 Å². The maximum absolute atomic E-state index is 11.5. The summed E-state index contributed by atoms with van der Waals surface area (Å²) < 4.78 is 5.32. The number of benzene rings is 1. The van der Waals surface area contributed by atoms with Gasteiger partial charge in [-0.3, -0.25) is 4.79 Å². The molecule has 0 atom stereocenters. The van der Waals surface area contributed by atoms with Crippen molar-refractivity contribution in [2.75, 3.05) is 30.9 Å². The van der Waals surface area contributed by atoms with Crippen LogP contribution in [0.4, 0.5) is 11.4 Å². The number of hydrogen-bond acceptors (Lipinski definition) is 4. The molecule has 1 saturated heterocycles. The van der Waals surface area contributed by atoms with Gasteiger partial charge in [-0.05, 0) is 25.0 Å². The molecule has 1 aliphatic rings. The van der Waals surface area contributed by atoms with Gasteiger partial charge < -0.3 is 21.1 Å². The highest BCUT2D eigenvalue weighted by Gasteiger charge is 2.18. The van der Waals surface area contributed by atoms with E-state index in [1.807, 2.05) is 19.2 Å². The molecule has 0 unspecified atom stereocenters. The molecular formula is C13H19N3O2. The van der Waals surface area contributed by atoms with Gasteiger partial charge in [0, 0.05) is 26.3 Å². The van der Waals surface area contributed by atoms with Crippen LogP contribution in [-0.2, 0) is 4.74 Å². The van der Waals surface area contributed by atoms with E-state index in [2.05, 4.69) is 10.6 Å². The van der Waals surface area contributed by atoms with E-state index in [1.165, 1.54) is 0 Å². The van der Waals surface area contributed by atoms with Crippen LogP contribution >= 0.6 is 0 Å². The maximum Gasteiger partial charge on any atom is 0.250 e. The van der Waals surface area contributed by atoms with E-state index in [4.69, 9.17) is 10.5 Å². The van der Waals surface area contributed by atoms with Crippen molar-refractivity contribution in [2.24, 2.45) is 5.73 Å². The average molecular weight is 249 g/mol. The molecule has 0 radical (unpaired) electrons. The molecule has 1 fully saturated rings. The Morgan fingerprint density at radius 2 is 2.11 bits per heavy atom. The number of amides is 1. The van der Waals surface area contributed by atoms with Crippen molar-refractivity contribution in [3.63, 3.8) is 0 Å². The Bertz CT molecular complexity index is 428. The van der Waals surface area contributed by atoms with Gasteiger partial charge in [0.1, 0.15) is 0 Å². The Morgan fingerprint density at radius 1 is 1.39 bits per heavy atom. The molecule has 1 aliphatic heterocycles. The molecule has 0 aromatic heterocycles. The Morgan fingerprint density at radius 3 is 2.72 bits per heavy atom. The third kappa shape index (κ3) is 2.73. The molecule has 2 rings (SSSR count). The fourth-order valence-corrected chi connectivity index (χ4v) is 2.17. The van der Waals surface area contributed by atoms with Gasteiger partial charge in [0.2, 0.25) is 0 Å². The van der Waals surface area contributed by atoms with Gasteiger partial charge in [0.05, 0.1) is 16.9 Å². The lowest BCUT2D eigenvalue weighted by Crippen LogP contribution is -2.29. The van der Waals surface area contributed by atoms with E-state index in [9.17, 15) is 4.79 Å². The first-order chi connectivity index (χ1) is 8.72. The minimum atomic E-state index is -0.415. The van der Waals surface area contributed by atoms with Crippen LogP contribution in [-0.4, -0.2) is 32.2 Å². The van der Waals surface area contributed by atoms with Crippen LogP contribution in [0.2, 0.25) is 0 Å². The number of rotatable bonds is 4. The van der Waals surface area contributed by atoms with E-state index in [1.54, 1.807) is 6.07 Å². The van der Waals surface area contributed by atoms with E-state index in [0.29, 0.717) is 11.6 Å². The fraction of sp³-hybridized carbons (Fsp3) is 0.462. The van der Waals surface area contributed by atoms with Crippen LogP contribution in [0.3, 0.4) is 0 Å². The second-order valence-corrected chi connectivity index (χ2v) is 4.37. The van der Waals surface area contributed by atoms with Gasteiger partial charge in [-0.2, -0.15) is 0 Å². The topological polar surface area (TPSA) is 76.4 Å². The van der Waals surface area contributed by atoms with E-state index < -0.39 is 5.91 Å². The number of anilines is 2. The summed E-state index contributed by atoms with van der Waals surface area (Å²) in [5.41, 5.74) is 7.61. The van der Waals surface area contributed by atoms with E-state index in [0.717, 1.165) is 37.4 Å². The van der Waals surface area contributed by atoms with Gasteiger partial charge in [-0.1, -0.05) is 6.07 Å². The Balaban J connectivity index is 2.25. The van der Waals surface area contributed by atoms with Crippen LogP contribution in [0.1, 0.15) is 23.2 Å². The summed E-state index contributed by atoms with van der Waals surface area (Å²) in [7, 11) is 1.83. The predicted octanol–water partition coefficient (Wildman–Crippen LogP) is 1.42. The predicted molar refractivity (Wildman–Crippen MR) is 72.0 cm³/mol. The van der Waals surface area contributed by atoms with Crippen molar-refractivity contribution in [1.29, 1.82) is 0 Å². The second-order valence-electron chi connectivity index (χ2n) is 4.37. The Kier molecular flexibility index (Phi) is 4.04. The quantitative estimate of drug-likeness (QED) is 0.754. The maximum atomic E-state index is 11.5. The summed E-state index contributed by atoms with van der Waals surface area (Å²) in [5, 5.41) is 6.49. The first-order valence-corrected chi connectivity index (χ1v) is 6.17. The summed E-state index contributed by atoms with van der Waals surface area (Å²) in [6, 6.07) is 5.81. The zero-order valence-electron chi connectivity index (χ0n) is 10.5. The van der Waals surface area contributed by atoms with Crippen molar-refractivity contribution in [3.05, 3.63) is 23.8 Å². The molecule has 0 saturated carbocycles. The average Bonchev–Trinajstić information content (AvgIpc) is 2.40. The molecule has 5 nitrogen and oxygen atoms in total. The molecular weight excluding hydrogens is 230 g/mol. The second kappa shape index (κ2) is 5.73. The van der Waals surface area contributed by atoms with Crippen molar-refractivity contribution in [3.8, 4) is 0 Å². The number of nitrogens with two attached hydrogens (primary N) is 1. The zero-order chi connectivity index (χ0) is 13.0. The van der Waals surface area contributed by atoms with Crippen molar-refractivity contribution in [1.82, 2.24) is 0 Å². The summed E-state index contributed by atoms with van der Waals surface area (Å²) in [6.07, 6.45) is 1.88. The monoisotopic (exact) mass is 249 g/mol. The van der Waals surface area contributed by atoms with Crippen molar-refractivity contribution >= 4 is 17.3 Å². The number of ether oxygens (including phenoxy) is 1. The number of carbonyl (C=O) groups is 1. The van der Waals surface area contributed by atoms with Crippen LogP contribution in [0.15, 0.2) is 18.2 Å². The molecule has 98 valence electrons. The number of primary amides is 1. The number of carbonyl (C=O) groups excluding carboxylic acids is 1. The molecule has 18 heavy (non-hydrogen) atoms. The minimum Gasteiger partial charge on any atom is -0.386 e. The molecule has 0 spiro atoms. The highest BCUT2D eigenvalue weighted by atomic mass is 16.5. The molecule has 1 aromatic rings. The van der Waals surface area contributed by atoms with Crippen LogP contribution < -0.4 is 16.4 Å². The molecule has 0 bridgehead atoms. The first-order valence-electron chi connectivity index (χ1n) is 6.17. The standard InChI is InChI=1S/C13H19N3O2/c1-15-11-4-2-3-10(13(14)17)12(11)16-9-5-7-18-8-6-9/h2-4,9,15-16H,5-8H2,1H3,(H2,14,17). The summed E-state index contributed by atoms with van der Waals surface area (Å²) in [5.74, 6) is -0.415. The lowest BCUT2D eigenvalue weighted by Gasteiger charge is -2.26. The molecule has 0 aliphatic carbocycles.